The van der Waals surface area contributed by atoms with Crippen LogP contribution >= 0.6 is 15.9 Å². The summed E-state index contributed by atoms with van der Waals surface area (Å²) < 4.78 is 36.2. The normalized spacial score (nSPS) is 14.9. The number of carbonyl (C=O) groups excluding carboxylic acids is 7. The van der Waals surface area contributed by atoms with Crippen LogP contribution in [0.4, 0.5) is 0 Å². The number of alkyl halides is 1. The predicted molar refractivity (Wildman–Crippen MR) is 488 cm³/mol. The molecule has 31 heteroatoms. The molecule has 4 aliphatic carbocycles. The topological polar surface area (TPSA) is 411 Å². The third kappa shape index (κ3) is 27.2. The summed E-state index contributed by atoms with van der Waals surface area (Å²) in [6.07, 6.45) is 12.8. The van der Waals surface area contributed by atoms with E-state index in [0.29, 0.717) is 77.4 Å². The molecule has 0 radical (unpaired) electrons. The minimum atomic E-state index is -0.898. The second-order valence-corrected chi connectivity index (χ2v) is 34.9. The highest BCUT2D eigenvalue weighted by Gasteiger charge is 2.33. The summed E-state index contributed by atoms with van der Waals surface area (Å²) in [4.78, 5) is 129. The maximum absolute atomic E-state index is 12.7. The van der Waals surface area contributed by atoms with Crippen molar-refractivity contribution in [2.24, 2.45) is 5.73 Å². The molecule has 8 N–H and O–H groups in total. The third-order valence-electron chi connectivity index (χ3n) is 22.0. The first-order chi connectivity index (χ1) is 61.4. The number of carboxylic acids is 1. The number of carbonyl (C=O) groups is 8. The van der Waals surface area contributed by atoms with E-state index in [1.54, 1.807) is 44.6 Å². The van der Waals surface area contributed by atoms with E-state index in [1.165, 1.54) is 72.9 Å². The number of carboxylic acid groups (broad SMARTS) is 1. The van der Waals surface area contributed by atoms with Gasteiger partial charge in [-0.15, -0.1) is 0 Å². The number of aromatic carboxylic acids is 1. The Hall–Kier alpha value is -12.7. The van der Waals surface area contributed by atoms with Gasteiger partial charge in [0, 0.05) is 62.2 Å². The second-order valence-electron chi connectivity index (χ2n) is 34.4. The lowest BCUT2D eigenvalue weighted by molar-refractivity contribution is 0.00559. The van der Waals surface area contributed by atoms with E-state index < -0.39 is 34.7 Å². The molecule has 4 heterocycles. The van der Waals surface area contributed by atoms with Crippen molar-refractivity contribution in [3.8, 4) is 11.5 Å². The zero-order chi connectivity index (χ0) is 93.6. The first-order valence-electron chi connectivity index (χ1n) is 42.5. The number of amides is 2. The monoisotopic (exact) mass is 1820 g/mol. The van der Waals surface area contributed by atoms with Crippen LogP contribution in [-0.4, -0.2) is 138 Å². The fraction of sp³-hybridized carbons (Fsp3) is 0.388. The Kier molecular flexibility index (Phi) is 34.2. The van der Waals surface area contributed by atoms with Crippen LogP contribution in [0.3, 0.4) is 0 Å². The van der Waals surface area contributed by atoms with Crippen molar-refractivity contribution in [3.05, 3.63) is 292 Å². The van der Waals surface area contributed by atoms with Gasteiger partial charge in [-0.05, 0) is 292 Å². The zero-order valence-corrected chi connectivity index (χ0v) is 77.8. The molecule has 2 amide bonds. The molecule has 0 fully saturated rings. The van der Waals surface area contributed by atoms with Gasteiger partial charge >= 0.3 is 35.8 Å². The fourth-order valence-electron chi connectivity index (χ4n) is 15.5. The number of rotatable bonds is 24. The largest absolute Gasteiger partial charge is 0.497 e. The molecule has 30 nitrogen and oxygen atoms in total. The number of hydrogen-bond acceptors (Lipinski definition) is 27. The summed E-state index contributed by atoms with van der Waals surface area (Å²) in [5.74, 6) is -1.70. The van der Waals surface area contributed by atoms with Crippen molar-refractivity contribution in [3.63, 3.8) is 0 Å². The molecule has 680 valence electrons. The number of nitrogens with one attached hydrogen (secondary N) is 5. The lowest BCUT2D eigenvalue weighted by Crippen LogP contribution is -2.25. The lowest BCUT2D eigenvalue weighted by Gasteiger charge is -2.21. The quantitative estimate of drug-likeness (QED) is 0.0168. The zero-order valence-electron chi connectivity index (χ0n) is 76.2. The summed E-state index contributed by atoms with van der Waals surface area (Å²) in [5.41, 5.74) is 25.9. The van der Waals surface area contributed by atoms with Gasteiger partial charge in [0.1, 0.15) is 65.0 Å². The molecular weight excluding hydrogens is 1710 g/mol. The summed E-state index contributed by atoms with van der Waals surface area (Å²) >= 11 is 3.22. The average molecular weight is 1820 g/mol. The number of nitrogens with two attached hydrogens (primary N) is 1. The van der Waals surface area contributed by atoms with Gasteiger partial charge < -0.3 is 70.6 Å². The summed E-state index contributed by atoms with van der Waals surface area (Å²) in [5, 5.41) is 26.2. The van der Waals surface area contributed by atoms with Crippen LogP contribution in [0, 0.1) is 27.7 Å². The maximum atomic E-state index is 12.7. The van der Waals surface area contributed by atoms with Crippen LogP contribution in [0.1, 0.15) is 296 Å². The van der Waals surface area contributed by atoms with E-state index in [0.717, 1.165) is 124 Å². The Morgan fingerprint density at radius 3 is 1.04 bits per heavy atom. The number of fused-ring (bicyclic) bond motifs is 4. The minimum Gasteiger partial charge on any atom is -0.497 e. The molecule has 0 saturated carbocycles. The van der Waals surface area contributed by atoms with Gasteiger partial charge in [-0.2, -0.15) is 0 Å². The molecule has 14 rings (SSSR count). The maximum Gasteiger partial charge on any atom is 0.356 e. The van der Waals surface area contributed by atoms with Crippen LogP contribution in [0.5, 0.6) is 11.5 Å². The smallest absolute Gasteiger partial charge is 0.356 e. The average Bonchev–Trinajstić information content (AvgIpc) is 1.68. The number of aromatic nitrogens is 8. The second kappa shape index (κ2) is 44.8. The third-order valence-corrected chi connectivity index (χ3v) is 22.5. The molecule has 4 aliphatic rings. The van der Waals surface area contributed by atoms with E-state index in [-0.39, 0.29) is 65.3 Å². The van der Waals surface area contributed by atoms with Crippen LogP contribution in [0.25, 0.3) is 0 Å². The van der Waals surface area contributed by atoms with Crippen molar-refractivity contribution in [1.29, 1.82) is 0 Å². The van der Waals surface area contributed by atoms with Crippen molar-refractivity contribution >= 4 is 63.6 Å². The number of benzene rings is 6. The molecule has 10 aromatic rings. The highest BCUT2D eigenvalue weighted by molar-refractivity contribution is 9.08. The van der Waals surface area contributed by atoms with Gasteiger partial charge in [0.2, 0.25) is 0 Å². The molecular formula is C98H115BrN14O16. The molecule has 0 saturated heterocycles. The molecule has 0 aliphatic heterocycles. The lowest BCUT2D eigenvalue weighted by atomic mass is 9.97. The Bertz CT molecular complexity index is 5730. The van der Waals surface area contributed by atoms with Crippen LogP contribution in [0.2, 0.25) is 0 Å². The standard InChI is InChI=1S/C29H34N4O4.C25H26N4O4.C22H27N3O4.C15H21NO2.C7H7BrN2O2/c1-18-22-11-12-25(24(22)10-9-23(18)28(35)37-29(2,3)4)30-16-20-14-26(33-17-32-20)27(34)31-15-19-7-6-8-21(13-19)36-5;1-15-19-8-9-22(21(19)7-6-20(15)25(31)32)26-13-17-11-23(29-14-28-17)24(30)27-12-16-4-3-5-18(10-16)33-2;1-13-15-8-9-18(17(15)7-6-16(13)20(26)29-22(2,3)4)23-11-14-10-19(21(27)28-5)25-12-24-14;1-9-10-7-8-13(16)12(10)6-5-11(9)14(17)18-15(2,3)4;1-12-7(11)6-2-5(3-8)9-4-10-6/h6-10,13-14,17,25,30H,11-12,15-16H2,1-5H3,(H,31,34);3-7,10-11,14,22,26H,8-9,12-13H2,1-2H3,(H,27,30)(H,31,32);6-7,10,12,18,23H,8-9,11H2,1-5H3;5-6,13H,7-8,16H2,1-4H3;2,4H,3H2,1H3/t25-;22-;18-;13-;/m0000./s1. The summed E-state index contributed by atoms with van der Waals surface area (Å²) in [6.45, 7) is 26.9. The number of nitrogens with zero attached hydrogens (tertiary/aromatic N) is 8. The van der Waals surface area contributed by atoms with Crippen LogP contribution in [0.15, 0.2) is 147 Å². The van der Waals surface area contributed by atoms with Gasteiger partial charge in [-0.25, -0.2) is 68.6 Å². The van der Waals surface area contributed by atoms with Crippen molar-refractivity contribution < 1.29 is 76.6 Å². The van der Waals surface area contributed by atoms with Gasteiger partial charge in [0.15, 0.2) is 11.4 Å². The Morgan fingerprint density at radius 1 is 0.388 bits per heavy atom. The fourth-order valence-corrected chi connectivity index (χ4v) is 15.8. The number of ether oxygens (including phenoxy) is 7. The van der Waals surface area contributed by atoms with Gasteiger partial charge in [-0.1, -0.05) is 64.5 Å². The van der Waals surface area contributed by atoms with E-state index in [1.807, 2.05) is 181 Å². The van der Waals surface area contributed by atoms with Crippen LogP contribution < -0.4 is 41.8 Å². The highest BCUT2D eigenvalue weighted by atomic mass is 79.9. The number of methoxy groups -OCH3 is 4. The van der Waals surface area contributed by atoms with Crippen molar-refractivity contribution in [2.75, 3.05) is 28.4 Å². The minimum absolute atomic E-state index is 0.113. The van der Waals surface area contributed by atoms with E-state index >= 15 is 0 Å². The van der Waals surface area contributed by atoms with E-state index in [9.17, 15) is 43.5 Å². The number of halogens is 1. The summed E-state index contributed by atoms with van der Waals surface area (Å²) in [6, 6.07) is 37.3. The van der Waals surface area contributed by atoms with Crippen LogP contribution in [-0.2, 0) is 87.4 Å². The Labute approximate surface area is 760 Å². The first kappa shape index (κ1) is 98.5. The van der Waals surface area contributed by atoms with Gasteiger partial charge in [0.05, 0.1) is 73.5 Å². The SMILES string of the molecule is COC(=O)c1cc(CBr)ncn1.COC(=O)c1cc(CN[C@H]2CCc3c2ccc(C(=O)OC(C)(C)C)c3C)ncn1.COc1cccc(CNC(=O)c2cc(CN[C@H]3CCc4c3ccc(C(=O)O)c4C)ncn2)c1.COc1cccc(CNC(=O)c2cc(CN[C@H]3CCc4c3ccc(C(=O)OC(C)(C)C)c4C)ncn2)c1.Cc1c(C(=O)OC(C)(C)C)ccc2c1CC[C@@H]2N. The van der Waals surface area contributed by atoms with E-state index in [4.69, 9.17) is 34.2 Å². The number of hydrogen-bond donors (Lipinski definition) is 7. The molecule has 0 bridgehead atoms. The Morgan fingerprint density at radius 2 is 0.698 bits per heavy atom. The number of esters is 5. The van der Waals surface area contributed by atoms with E-state index in [2.05, 4.69) is 87.1 Å². The Balaban J connectivity index is 0.000000175. The summed E-state index contributed by atoms with van der Waals surface area (Å²) in [7, 11) is 5.86. The van der Waals surface area contributed by atoms with Crippen molar-refractivity contribution in [2.45, 2.75) is 220 Å². The molecule has 129 heavy (non-hydrogen) atoms. The molecule has 4 atom stereocenters. The molecule has 4 aromatic heterocycles. The first-order valence-corrected chi connectivity index (χ1v) is 43.7. The molecule has 6 aromatic carbocycles. The predicted octanol–water partition coefficient (Wildman–Crippen LogP) is 15.0. The van der Waals surface area contributed by atoms with Gasteiger partial charge in [-0.3, -0.25) is 9.59 Å². The molecule has 0 unspecified atom stereocenters. The van der Waals surface area contributed by atoms with Crippen molar-refractivity contribution in [1.82, 2.24) is 66.5 Å². The van der Waals surface area contributed by atoms with Gasteiger partial charge in [0.25, 0.3) is 11.8 Å². The molecule has 0 spiro atoms. The highest BCUT2D eigenvalue weighted by Crippen LogP contribution is 2.39.